The first kappa shape index (κ1) is 13.9. The quantitative estimate of drug-likeness (QED) is 0.794. The third kappa shape index (κ3) is 3.51. The number of hydrogen-bond acceptors (Lipinski definition) is 2. The van der Waals surface area contributed by atoms with Gasteiger partial charge in [0, 0.05) is 17.0 Å². The molecule has 1 aromatic carbocycles. The molecule has 0 aliphatic rings. The Morgan fingerprint density at radius 3 is 2.20 bits per heavy atom. The van der Waals surface area contributed by atoms with Crippen molar-refractivity contribution in [2.45, 2.75) is 33.1 Å². The van der Waals surface area contributed by atoms with Crippen molar-refractivity contribution in [3.05, 3.63) is 29.6 Å². The van der Waals surface area contributed by atoms with Crippen molar-refractivity contribution in [2.24, 2.45) is 0 Å². The topological polar surface area (TPSA) is 40.5 Å². The Balaban J connectivity index is 0.000000921. The second-order valence-corrected chi connectivity index (χ2v) is 3.70. The largest absolute Gasteiger partial charge is 0.508 e. The van der Waals surface area contributed by atoms with Gasteiger partial charge < -0.3 is 10.2 Å². The number of aliphatic hydroxyl groups excluding tert-OH is 1. The first-order valence-electron chi connectivity index (χ1n) is 5.07. The second kappa shape index (κ2) is 5.71. The van der Waals surface area contributed by atoms with E-state index in [1.807, 2.05) is 13.8 Å². The van der Waals surface area contributed by atoms with E-state index < -0.39 is 11.2 Å². The average molecular weight is 214 g/mol. The van der Waals surface area contributed by atoms with Crippen molar-refractivity contribution < 1.29 is 14.6 Å². The third-order valence-corrected chi connectivity index (χ3v) is 2.08. The third-order valence-electron chi connectivity index (χ3n) is 2.08. The summed E-state index contributed by atoms with van der Waals surface area (Å²) < 4.78 is 12.6. The summed E-state index contributed by atoms with van der Waals surface area (Å²) in [5.74, 6) is -0.589. The van der Waals surface area contributed by atoms with Crippen molar-refractivity contribution in [3.8, 4) is 5.75 Å². The van der Waals surface area contributed by atoms with Gasteiger partial charge in [0.2, 0.25) is 0 Å². The first-order valence-corrected chi connectivity index (χ1v) is 5.07. The molecule has 2 nitrogen and oxygen atoms in total. The van der Waals surface area contributed by atoms with Crippen molar-refractivity contribution in [2.75, 3.05) is 6.61 Å². The zero-order chi connectivity index (χ0) is 12.1. The molecule has 86 valence electrons. The van der Waals surface area contributed by atoms with Gasteiger partial charge in [-0.25, -0.2) is 4.39 Å². The molecule has 0 radical (unpaired) electrons. The molecule has 1 rings (SSSR count). The summed E-state index contributed by atoms with van der Waals surface area (Å²) in [6.07, 6.45) is 0. The maximum atomic E-state index is 12.6. The molecule has 0 spiro atoms. The summed E-state index contributed by atoms with van der Waals surface area (Å²) >= 11 is 0. The van der Waals surface area contributed by atoms with Crippen LogP contribution in [0.4, 0.5) is 4.39 Å². The van der Waals surface area contributed by atoms with Crippen LogP contribution >= 0.6 is 0 Å². The molecule has 1 aromatic rings. The van der Waals surface area contributed by atoms with Crippen molar-refractivity contribution in [3.63, 3.8) is 0 Å². The van der Waals surface area contributed by atoms with Gasteiger partial charge in [-0.05, 0) is 6.07 Å². The lowest BCUT2D eigenvalue weighted by molar-refractivity contribution is 0.215. The number of phenolic OH excluding ortho intramolecular Hbond substituents is 1. The van der Waals surface area contributed by atoms with Gasteiger partial charge in [0.25, 0.3) is 0 Å². The maximum Gasteiger partial charge on any atom is 0.126 e. The molecular formula is C12H19FO2. The maximum absolute atomic E-state index is 12.6. The Morgan fingerprint density at radius 2 is 1.80 bits per heavy atom. The van der Waals surface area contributed by atoms with Crippen LogP contribution in [-0.2, 0) is 5.41 Å². The fourth-order valence-corrected chi connectivity index (χ4v) is 1.16. The Hall–Kier alpha value is -1.09. The van der Waals surface area contributed by atoms with Crippen LogP contribution in [0.3, 0.4) is 0 Å². The lowest BCUT2D eigenvalue weighted by Gasteiger charge is -2.22. The highest BCUT2D eigenvalue weighted by Crippen LogP contribution is 2.30. The molecule has 0 fully saturated rings. The standard InChI is InChI=1S/C10H13FO2.C2H6/c1-10(2,6-12)8-4-3-7(11)5-9(8)13;1-2/h3-5,12-13H,6H2,1-2H3;1-2H3. The van der Waals surface area contributed by atoms with E-state index in [1.54, 1.807) is 13.8 Å². The highest BCUT2D eigenvalue weighted by atomic mass is 19.1. The predicted octanol–water partition coefficient (Wildman–Crippen LogP) is 2.83. The minimum atomic E-state index is -0.544. The Bertz CT molecular complexity index is 308. The van der Waals surface area contributed by atoms with Crippen LogP contribution in [0.5, 0.6) is 5.75 Å². The van der Waals surface area contributed by atoms with Crippen LogP contribution < -0.4 is 0 Å². The minimum Gasteiger partial charge on any atom is -0.508 e. The van der Waals surface area contributed by atoms with Crippen LogP contribution in [0.25, 0.3) is 0 Å². The van der Waals surface area contributed by atoms with Gasteiger partial charge in [-0.1, -0.05) is 33.8 Å². The summed E-state index contributed by atoms with van der Waals surface area (Å²) in [6.45, 7) is 7.46. The zero-order valence-electron chi connectivity index (χ0n) is 9.71. The summed E-state index contributed by atoms with van der Waals surface area (Å²) in [5, 5.41) is 18.4. The van der Waals surface area contributed by atoms with Crippen molar-refractivity contribution in [1.29, 1.82) is 0 Å². The minimum absolute atomic E-state index is 0.0911. The SMILES string of the molecule is CC.CC(C)(CO)c1ccc(F)cc1O. The van der Waals surface area contributed by atoms with E-state index in [1.165, 1.54) is 12.1 Å². The van der Waals surface area contributed by atoms with Crippen LogP contribution in [-0.4, -0.2) is 16.8 Å². The van der Waals surface area contributed by atoms with Gasteiger partial charge >= 0.3 is 0 Å². The molecule has 0 saturated heterocycles. The van der Waals surface area contributed by atoms with Gasteiger partial charge in [0.05, 0.1) is 6.61 Å². The molecule has 15 heavy (non-hydrogen) atoms. The van der Waals surface area contributed by atoms with Gasteiger partial charge in [0.15, 0.2) is 0 Å². The van der Waals surface area contributed by atoms with Crippen LogP contribution in [0.15, 0.2) is 18.2 Å². The molecule has 0 saturated carbocycles. The fraction of sp³-hybridized carbons (Fsp3) is 0.500. The highest BCUT2D eigenvalue weighted by Gasteiger charge is 2.22. The number of benzene rings is 1. The van der Waals surface area contributed by atoms with Gasteiger partial charge in [-0.15, -0.1) is 0 Å². The average Bonchev–Trinajstić information content (AvgIpc) is 2.20. The Kier molecular flexibility index (Phi) is 5.29. The number of rotatable bonds is 2. The van der Waals surface area contributed by atoms with Gasteiger partial charge in [-0.2, -0.15) is 0 Å². The monoisotopic (exact) mass is 214 g/mol. The van der Waals surface area contributed by atoms with Crippen molar-refractivity contribution >= 4 is 0 Å². The van der Waals surface area contributed by atoms with Gasteiger partial charge in [-0.3, -0.25) is 0 Å². The Labute approximate surface area is 90.4 Å². The highest BCUT2D eigenvalue weighted by molar-refractivity contribution is 5.38. The van der Waals surface area contributed by atoms with E-state index >= 15 is 0 Å². The number of phenols is 1. The predicted molar refractivity (Wildman–Crippen MR) is 59.5 cm³/mol. The second-order valence-electron chi connectivity index (χ2n) is 3.70. The van der Waals surface area contributed by atoms with Crippen LogP contribution in [0.2, 0.25) is 0 Å². The number of aliphatic hydroxyl groups is 1. The molecule has 3 heteroatoms. The van der Waals surface area contributed by atoms with E-state index in [0.29, 0.717) is 5.56 Å². The van der Waals surface area contributed by atoms with E-state index in [4.69, 9.17) is 5.11 Å². The number of hydrogen-bond donors (Lipinski definition) is 2. The molecule has 0 aromatic heterocycles. The molecule has 0 unspecified atom stereocenters. The summed E-state index contributed by atoms with van der Waals surface area (Å²) in [7, 11) is 0. The first-order chi connectivity index (χ1) is 6.97. The normalized spacial score (nSPS) is 10.5. The summed E-state index contributed by atoms with van der Waals surface area (Å²) in [4.78, 5) is 0. The Morgan fingerprint density at radius 1 is 1.27 bits per heavy atom. The summed E-state index contributed by atoms with van der Waals surface area (Å²) in [5.41, 5.74) is 0.00836. The molecule has 0 heterocycles. The molecule has 0 amide bonds. The number of halogens is 1. The molecule has 0 atom stereocenters. The van der Waals surface area contributed by atoms with E-state index in [9.17, 15) is 9.50 Å². The molecule has 0 aliphatic carbocycles. The van der Waals surface area contributed by atoms with E-state index in [0.717, 1.165) is 6.07 Å². The van der Waals surface area contributed by atoms with Crippen LogP contribution in [0, 0.1) is 5.82 Å². The fourth-order valence-electron chi connectivity index (χ4n) is 1.16. The smallest absolute Gasteiger partial charge is 0.126 e. The van der Waals surface area contributed by atoms with E-state index in [2.05, 4.69) is 0 Å². The summed E-state index contributed by atoms with van der Waals surface area (Å²) in [6, 6.07) is 3.81. The molecular weight excluding hydrogens is 195 g/mol. The zero-order valence-corrected chi connectivity index (χ0v) is 9.71. The number of aromatic hydroxyl groups is 1. The lowest BCUT2D eigenvalue weighted by atomic mass is 9.85. The lowest BCUT2D eigenvalue weighted by Crippen LogP contribution is -2.22. The van der Waals surface area contributed by atoms with Gasteiger partial charge in [0.1, 0.15) is 11.6 Å². The van der Waals surface area contributed by atoms with E-state index in [-0.39, 0.29) is 12.4 Å². The molecule has 2 N–H and O–H groups in total. The van der Waals surface area contributed by atoms with Crippen molar-refractivity contribution in [1.82, 2.24) is 0 Å². The molecule has 0 bridgehead atoms. The van der Waals surface area contributed by atoms with Crippen LogP contribution in [0.1, 0.15) is 33.3 Å². The molecule has 0 aliphatic heterocycles.